The van der Waals surface area contributed by atoms with Crippen LogP contribution in [-0.2, 0) is 11.3 Å². The molecule has 1 aliphatic heterocycles. The molecule has 2 aromatic carbocycles. The summed E-state index contributed by atoms with van der Waals surface area (Å²) in [7, 11) is 1.75. The van der Waals surface area contributed by atoms with Gasteiger partial charge in [0.25, 0.3) is 0 Å². The Morgan fingerprint density at radius 3 is 2.75 bits per heavy atom. The summed E-state index contributed by atoms with van der Waals surface area (Å²) in [6, 6.07) is 14.1. The van der Waals surface area contributed by atoms with E-state index < -0.39 is 0 Å². The lowest BCUT2D eigenvalue weighted by atomic mass is 10.0. The van der Waals surface area contributed by atoms with Crippen molar-refractivity contribution >= 4 is 23.7 Å². The number of rotatable bonds is 6. The van der Waals surface area contributed by atoms with Crippen LogP contribution in [-0.4, -0.2) is 36.2 Å². The quantitative estimate of drug-likeness (QED) is 0.776. The summed E-state index contributed by atoms with van der Waals surface area (Å²) in [5, 5.41) is 5.62. The summed E-state index contributed by atoms with van der Waals surface area (Å²) in [5.74, 6) is 0.467. The monoisotopic (exact) mass is 401 g/mol. The van der Waals surface area contributed by atoms with Crippen molar-refractivity contribution in [3.8, 4) is 0 Å². The molecule has 0 fully saturated rings. The van der Waals surface area contributed by atoms with Crippen LogP contribution in [0.4, 0.5) is 9.18 Å². The molecular weight excluding hydrogens is 377 g/mol. The highest BCUT2D eigenvalue weighted by Gasteiger charge is 2.24. The molecule has 0 saturated carbocycles. The number of carbonyl (C=O) groups excluding carboxylic acids is 2. The second-order valence-corrected chi connectivity index (χ2v) is 7.84. The molecule has 0 spiro atoms. The number of hydrogen-bond donors (Lipinski definition) is 2. The summed E-state index contributed by atoms with van der Waals surface area (Å²) in [6.45, 7) is 0.787. The first-order chi connectivity index (χ1) is 13.5. The van der Waals surface area contributed by atoms with Crippen LogP contribution in [0.15, 0.2) is 53.4 Å². The predicted octanol–water partition coefficient (Wildman–Crippen LogP) is 3.71. The molecule has 0 radical (unpaired) electrons. The highest BCUT2D eigenvalue weighted by Crippen LogP contribution is 2.37. The van der Waals surface area contributed by atoms with Crippen molar-refractivity contribution in [2.45, 2.75) is 30.3 Å². The molecule has 0 aromatic heterocycles. The molecule has 148 valence electrons. The van der Waals surface area contributed by atoms with E-state index in [1.165, 1.54) is 17.8 Å². The van der Waals surface area contributed by atoms with E-state index >= 15 is 0 Å². The number of urea groups is 1. The number of thioether (sulfide) groups is 1. The summed E-state index contributed by atoms with van der Waals surface area (Å²) in [5.41, 5.74) is 1.87. The maximum absolute atomic E-state index is 13.9. The van der Waals surface area contributed by atoms with Gasteiger partial charge in [-0.05, 0) is 23.6 Å². The van der Waals surface area contributed by atoms with E-state index in [1.54, 1.807) is 18.0 Å². The summed E-state index contributed by atoms with van der Waals surface area (Å²) in [4.78, 5) is 26.7. The zero-order valence-corrected chi connectivity index (χ0v) is 16.6. The Balaban J connectivity index is 1.44. The van der Waals surface area contributed by atoms with Gasteiger partial charge >= 0.3 is 6.03 Å². The van der Waals surface area contributed by atoms with Gasteiger partial charge in [0, 0.05) is 37.2 Å². The highest BCUT2D eigenvalue weighted by atomic mass is 32.2. The lowest BCUT2D eigenvalue weighted by molar-refractivity contribution is -0.130. The summed E-state index contributed by atoms with van der Waals surface area (Å²) < 4.78 is 13.9. The van der Waals surface area contributed by atoms with Crippen molar-refractivity contribution in [1.82, 2.24) is 15.5 Å². The van der Waals surface area contributed by atoms with Gasteiger partial charge in [-0.25, -0.2) is 9.18 Å². The van der Waals surface area contributed by atoms with Crippen LogP contribution < -0.4 is 10.6 Å². The standard InChI is InChI=1S/C21H24FN3O2S/c1-25(14-15-6-3-2-4-7-15)19(26)10-12-23-21(27)24-18-11-13-28-20-16(18)8-5-9-17(20)22/h2-9,18H,10-14H2,1H3,(H2,23,24,27). The second kappa shape index (κ2) is 9.59. The molecule has 0 aliphatic carbocycles. The minimum Gasteiger partial charge on any atom is -0.341 e. The Morgan fingerprint density at radius 2 is 1.96 bits per heavy atom. The van der Waals surface area contributed by atoms with Crippen molar-refractivity contribution in [3.05, 3.63) is 65.5 Å². The number of nitrogens with one attached hydrogen (secondary N) is 2. The van der Waals surface area contributed by atoms with Crippen LogP contribution >= 0.6 is 11.8 Å². The van der Waals surface area contributed by atoms with Gasteiger partial charge in [0.15, 0.2) is 0 Å². The maximum Gasteiger partial charge on any atom is 0.315 e. The molecule has 3 rings (SSSR count). The van der Waals surface area contributed by atoms with Crippen LogP contribution in [0.3, 0.4) is 0 Å². The number of halogens is 1. The minimum absolute atomic E-state index is 0.0364. The normalized spacial score (nSPS) is 15.4. The number of hydrogen-bond acceptors (Lipinski definition) is 3. The third-order valence-corrected chi connectivity index (χ3v) is 5.80. The second-order valence-electron chi connectivity index (χ2n) is 6.73. The highest BCUT2D eigenvalue weighted by molar-refractivity contribution is 7.99. The van der Waals surface area contributed by atoms with Crippen LogP contribution in [0.1, 0.15) is 30.0 Å². The number of fused-ring (bicyclic) bond motifs is 1. The molecular formula is C21H24FN3O2S. The van der Waals surface area contributed by atoms with Gasteiger partial charge in [-0.15, -0.1) is 11.8 Å². The molecule has 5 nitrogen and oxygen atoms in total. The van der Waals surface area contributed by atoms with Gasteiger partial charge in [-0.2, -0.15) is 0 Å². The van der Waals surface area contributed by atoms with Gasteiger partial charge in [0.1, 0.15) is 5.82 Å². The fourth-order valence-corrected chi connectivity index (χ4v) is 4.31. The van der Waals surface area contributed by atoms with E-state index in [0.717, 1.165) is 23.3 Å². The van der Waals surface area contributed by atoms with Gasteiger partial charge in [0.2, 0.25) is 5.91 Å². The Morgan fingerprint density at radius 1 is 1.18 bits per heavy atom. The van der Waals surface area contributed by atoms with Crippen molar-refractivity contribution in [1.29, 1.82) is 0 Å². The number of carbonyl (C=O) groups is 2. The molecule has 2 aromatic rings. The average Bonchev–Trinajstić information content (AvgIpc) is 2.69. The number of benzene rings is 2. The van der Waals surface area contributed by atoms with E-state index in [2.05, 4.69) is 10.6 Å². The molecule has 3 amide bonds. The van der Waals surface area contributed by atoms with E-state index in [9.17, 15) is 14.0 Å². The zero-order valence-electron chi connectivity index (χ0n) is 15.8. The zero-order chi connectivity index (χ0) is 19.9. The van der Waals surface area contributed by atoms with Gasteiger partial charge in [0.05, 0.1) is 6.04 Å². The van der Waals surface area contributed by atoms with E-state index in [4.69, 9.17) is 0 Å². The molecule has 0 saturated heterocycles. The van der Waals surface area contributed by atoms with Gasteiger partial charge in [-0.1, -0.05) is 42.5 Å². The summed E-state index contributed by atoms with van der Waals surface area (Å²) >= 11 is 1.47. The Labute approximate surface area is 168 Å². The van der Waals surface area contributed by atoms with Crippen LogP contribution in [0.2, 0.25) is 0 Å². The smallest absolute Gasteiger partial charge is 0.315 e. The Bertz CT molecular complexity index is 832. The van der Waals surface area contributed by atoms with E-state index in [1.807, 2.05) is 36.4 Å². The summed E-state index contributed by atoms with van der Waals surface area (Å²) in [6.07, 6.45) is 0.968. The van der Waals surface area contributed by atoms with Crippen molar-refractivity contribution in [3.63, 3.8) is 0 Å². The van der Waals surface area contributed by atoms with Crippen molar-refractivity contribution < 1.29 is 14.0 Å². The molecule has 1 heterocycles. The fraction of sp³-hybridized carbons (Fsp3) is 0.333. The predicted molar refractivity (Wildman–Crippen MR) is 109 cm³/mol. The lowest BCUT2D eigenvalue weighted by Gasteiger charge is -2.26. The first-order valence-electron chi connectivity index (χ1n) is 9.28. The minimum atomic E-state index is -0.342. The first-order valence-corrected chi connectivity index (χ1v) is 10.3. The molecule has 7 heteroatoms. The molecule has 1 aliphatic rings. The first kappa shape index (κ1) is 20.2. The van der Waals surface area contributed by atoms with Crippen molar-refractivity contribution in [2.24, 2.45) is 0 Å². The SMILES string of the molecule is CN(Cc1ccccc1)C(=O)CCNC(=O)NC1CCSc2c(F)cccc21. The number of amides is 3. The third-order valence-electron chi connectivity index (χ3n) is 4.64. The van der Waals surface area contributed by atoms with Gasteiger partial charge in [-0.3, -0.25) is 4.79 Å². The van der Waals surface area contributed by atoms with Crippen molar-refractivity contribution in [2.75, 3.05) is 19.3 Å². The maximum atomic E-state index is 13.9. The Hall–Kier alpha value is -2.54. The van der Waals surface area contributed by atoms with E-state index in [-0.39, 0.29) is 36.8 Å². The Kier molecular flexibility index (Phi) is 6.92. The van der Waals surface area contributed by atoms with Crippen LogP contribution in [0, 0.1) is 5.82 Å². The molecule has 28 heavy (non-hydrogen) atoms. The third kappa shape index (κ3) is 5.25. The number of nitrogens with zero attached hydrogens (tertiary/aromatic N) is 1. The molecule has 1 unspecified atom stereocenters. The molecule has 2 N–H and O–H groups in total. The van der Waals surface area contributed by atoms with Crippen LogP contribution in [0.25, 0.3) is 0 Å². The molecule has 1 atom stereocenters. The molecule has 0 bridgehead atoms. The van der Waals surface area contributed by atoms with Gasteiger partial charge < -0.3 is 15.5 Å². The van der Waals surface area contributed by atoms with E-state index in [0.29, 0.717) is 11.4 Å². The largest absolute Gasteiger partial charge is 0.341 e. The fourth-order valence-electron chi connectivity index (χ4n) is 3.17. The average molecular weight is 402 g/mol. The lowest BCUT2D eigenvalue weighted by Crippen LogP contribution is -2.40. The topological polar surface area (TPSA) is 61.4 Å². The van der Waals surface area contributed by atoms with Crippen LogP contribution in [0.5, 0.6) is 0 Å².